The zero-order valence-electron chi connectivity index (χ0n) is 7.07. The fourth-order valence-electron chi connectivity index (χ4n) is 0.608. The summed E-state index contributed by atoms with van der Waals surface area (Å²) in [5.74, 6) is 5.14. The summed E-state index contributed by atoms with van der Waals surface area (Å²) < 4.78 is 5.33. The Kier molecular flexibility index (Phi) is 3.39. The van der Waals surface area contributed by atoms with E-state index in [1.807, 2.05) is 13.8 Å². The molecule has 0 aliphatic rings. The van der Waals surface area contributed by atoms with E-state index >= 15 is 0 Å². The monoisotopic (exact) mass is 188 g/mol. The highest BCUT2D eigenvalue weighted by atomic mass is 32.1. The molecule has 0 aliphatic heterocycles. The van der Waals surface area contributed by atoms with Crippen LogP contribution in [-0.2, 0) is 11.3 Å². The van der Waals surface area contributed by atoms with Crippen LogP contribution in [-0.4, -0.2) is 16.3 Å². The minimum absolute atomic E-state index is 0.211. The molecule has 3 N–H and O–H groups in total. The number of nitrogens with two attached hydrogens (primary N) is 1. The summed E-state index contributed by atoms with van der Waals surface area (Å²) in [7, 11) is 0. The molecule has 0 amide bonds. The molecule has 68 valence electrons. The number of anilines is 1. The fraction of sp³-hybridized carbons (Fsp3) is 0.667. The van der Waals surface area contributed by atoms with Crippen molar-refractivity contribution < 1.29 is 4.74 Å². The first kappa shape index (κ1) is 9.37. The Morgan fingerprint density at radius 2 is 2.33 bits per heavy atom. The van der Waals surface area contributed by atoms with Gasteiger partial charge in [-0.2, -0.15) is 0 Å². The quantitative estimate of drug-likeness (QED) is 0.539. The Morgan fingerprint density at radius 3 is 2.83 bits per heavy atom. The molecule has 12 heavy (non-hydrogen) atoms. The summed E-state index contributed by atoms with van der Waals surface area (Å²) in [6.07, 6.45) is 0.211. The number of rotatable bonds is 4. The van der Waals surface area contributed by atoms with E-state index in [1.165, 1.54) is 11.3 Å². The number of nitrogen functional groups attached to an aromatic ring is 1. The molecule has 1 aromatic heterocycles. The lowest BCUT2D eigenvalue weighted by atomic mass is 10.5. The van der Waals surface area contributed by atoms with Crippen molar-refractivity contribution in [3.05, 3.63) is 5.01 Å². The van der Waals surface area contributed by atoms with Gasteiger partial charge in [0.25, 0.3) is 0 Å². The predicted octanol–water partition coefficient (Wildman–Crippen LogP) is 0.749. The molecule has 0 aromatic carbocycles. The summed E-state index contributed by atoms with van der Waals surface area (Å²) >= 11 is 1.39. The second kappa shape index (κ2) is 4.34. The van der Waals surface area contributed by atoms with E-state index in [0.29, 0.717) is 11.7 Å². The normalized spacial score (nSPS) is 10.7. The highest BCUT2D eigenvalue weighted by molar-refractivity contribution is 7.15. The molecule has 1 rings (SSSR count). The third kappa shape index (κ3) is 2.72. The zero-order chi connectivity index (χ0) is 8.97. The second-order valence-electron chi connectivity index (χ2n) is 2.51. The van der Waals surface area contributed by atoms with Crippen molar-refractivity contribution in [2.24, 2.45) is 5.84 Å². The Balaban J connectivity index is 2.41. The number of aromatic nitrogens is 2. The molecule has 0 aliphatic carbocycles. The number of ether oxygens (including phenoxy) is 1. The molecule has 0 atom stereocenters. The number of nitrogens with zero attached hydrogens (tertiary/aromatic N) is 2. The molecule has 0 saturated heterocycles. The fourth-order valence-corrected chi connectivity index (χ4v) is 1.18. The van der Waals surface area contributed by atoms with Crippen LogP contribution in [0.25, 0.3) is 0 Å². The molecule has 1 aromatic rings. The van der Waals surface area contributed by atoms with Crippen molar-refractivity contribution in [2.75, 3.05) is 5.43 Å². The van der Waals surface area contributed by atoms with Crippen LogP contribution in [0.1, 0.15) is 18.9 Å². The highest BCUT2D eigenvalue weighted by Gasteiger charge is 2.03. The molecule has 0 bridgehead atoms. The largest absolute Gasteiger partial charge is 0.372 e. The van der Waals surface area contributed by atoms with Crippen LogP contribution in [0.15, 0.2) is 0 Å². The smallest absolute Gasteiger partial charge is 0.219 e. The second-order valence-corrected chi connectivity index (χ2v) is 3.57. The van der Waals surface area contributed by atoms with E-state index in [2.05, 4.69) is 15.6 Å². The average Bonchev–Trinajstić information content (AvgIpc) is 2.48. The SMILES string of the molecule is CC(C)OCc1nnc(NN)s1. The van der Waals surface area contributed by atoms with Crippen LogP contribution in [0.4, 0.5) is 5.13 Å². The number of nitrogens with one attached hydrogen (secondary N) is 1. The molecule has 6 heteroatoms. The van der Waals surface area contributed by atoms with Crippen LogP contribution in [0, 0.1) is 0 Å². The van der Waals surface area contributed by atoms with Gasteiger partial charge >= 0.3 is 0 Å². The van der Waals surface area contributed by atoms with Gasteiger partial charge in [0.05, 0.1) is 6.10 Å². The van der Waals surface area contributed by atoms with Gasteiger partial charge in [0.15, 0.2) is 0 Å². The highest BCUT2D eigenvalue weighted by Crippen LogP contribution is 2.14. The van der Waals surface area contributed by atoms with Crippen LogP contribution < -0.4 is 11.3 Å². The van der Waals surface area contributed by atoms with Crippen molar-refractivity contribution >= 4 is 16.5 Å². The van der Waals surface area contributed by atoms with Crippen molar-refractivity contribution in [1.82, 2.24) is 10.2 Å². The Bertz CT molecular complexity index is 237. The van der Waals surface area contributed by atoms with E-state index in [-0.39, 0.29) is 6.10 Å². The summed E-state index contributed by atoms with van der Waals surface area (Å²) in [4.78, 5) is 0. The number of hydrogen-bond acceptors (Lipinski definition) is 6. The summed E-state index contributed by atoms with van der Waals surface area (Å²) in [5.41, 5.74) is 2.42. The van der Waals surface area contributed by atoms with Gasteiger partial charge in [-0.3, -0.25) is 5.43 Å². The standard InChI is InChI=1S/C6H12N4OS/c1-4(2)11-3-5-9-10-6(8-7)12-5/h4H,3,7H2,1-2H3,(H,8,10). The first-order chi connectivity index (χ1) is 5.72. The molecule has 0 unspecified atom stereocenters. The van der Waals surface area contributed by atoms with Gasteiger partial charge in [0.1, 0.15) is 11.6 Å². The lowest BCUT2D eigenvalue weighted by Gasteiger charge is -2.02. The van der Waals surface area contributed by atoms with Crippen molar-refractivity contribution in [2.45, 2.75) is 26.6 Å². The molecule has 0 fully saturated rings. The maximum Gasteiger partial charge on any atom is 0.219 e. The summed E-state index contributed by atoms with van der Waals surface area (Å²) in [6.45, 7) is 4.45. The van der Waals surface area contributed by atoms with Gasteiger partial charge < -0.3 is 4.74 Å². The Morgan fingerprint density at radius 1 is 1.58 bits per heavy atom. The first-order valence-electron chi connectivity index (χ1n) is 3.63. The molecule has 1 heterocycles. The third-order valence-corrected chi connectivity index (χ3v) is 1.96. The molecule has 0 saturated carbocycles. The molecular formula is C6H12N4OS. The zero-order valence-corrected chi connectivity index (χ0v) is 7.89. The maximum absolute atomic E-state index is 5.33. The molecule has 0 radical (unpaired) electrons. The van der Waals surface area contributed by atoms with Gasteiger partial charge in [-0.1, -0.05) is 11.3 Å². The van der Waals surface area contributed by atoms with Gasteiger partial charge in [-0.15, -0.1) is 10.2 Å². The van der Waals surface area contributed by atoms with Crippen molar-refractivity contribution in [3.63, 3.8) is 0 Å². The molecule has 0 spiro atoms. The third-order valence-electron chi connectivity index (χ3n) is 1.13. The molecule has 5 nitrogen and oxygen atoms in total. The maximum atomic E-state index is 5.33. The summed E-state index contributed by atoms with van der Waals surface area (Å²) in [5, 5.41) is 9.06. The predicted molar refractivity (Wildman–Crippen MR) is 47.6 cm³/mol. The van der Waals surface area contributed by atoms with Crippen molar-refractivity contribution in [3.8, 4) is 0 Å². The number of hydrazine groups is 1. The van der Waals surface area contributed by atoms with Gasteiger partial charge in [-0.05, 0) is 13.8 Å². The lowest BCUT2D eigenvalue weighted by molar-refractivity contribution is 0.0652. The van der Waals surface area contributed by atoms with Gasteiger partial charge in [0.2, 0.25) is 5.13 Å². The van der Waals surface area contributed by atoms with Crippen LogP contribution in [0.3, 0.4) is 0 Å². The van der Waals surface area contributed by atoms with Crippen LogP contribution in [0.5, 0.6) is 0 Å². The van der Waals surface area contributed by atoms with E-state index < -0.39 is 0 Å². The molecular weight excluding hydrogens is 176 g/mol. The van der Waals surface area contributed by atoms with E-state index in [4.69, 9.17) is 10.6 Å². The van der Waals surface area contributed by atoms with Crippen molar-refractivity contribution in [1.29, 1.82) is 0 Å². The van der Waals surface area contributed by atoms with Crippen LogP contribution in [0.2, 0.25) is 0 Å². The van der Waals surface area contributed by atoms with E-state index in [9.17, 15) is 0 Å². The summed E-state index contributed by atoms with van der Waals surface area (Å²) in [6, 6.07) is 0. The van der Waals surface area contributed by atoms with Gasteiger partial charge in [-0.25, -0.2) is 5.84 Å². The lowest BCUT2D eigenvalue weighted by Crippen LogP contribution is -2.05. The number of hydrogen-bond donors (Lipinski definition) is 2. The average molecular weight is 188 g/mol. The van der Waals surface area contributed by atoms with E-state index in [1.54, 1.807) is 0 Å². The topological polar surface area (TPSA) is 73.1 Å². The van der Waals surface area contributed by atoms with Crippen LogP contribution >= 0.6 is 11.3 Å². The van der Waals surface area contributed by atoms with E-state index in [0.717, 1.165) is 5.01 Å². The Labute approximate surface area is 74.9 Å². The Hall–Kier alpha value is -0.720. The van der Waals surface area contributed by atoms with Gasteiger partial charge in [0, 0.05) is 0 Å². The first-order valence-corrected chi connectivity index (χ1v) is 4.44. The minimum Gasteiger partial charge on any atom is -0.372 e. The minimum atomic E-state index is 0.211.